The molecule has 2 aromatic carbocycles. The Morgan fingerprint density at radius 2 is 1.95 bits per heavy atom. The fourth-order valence-electron chi connectivity index (χ4n) is 5.40. The number of carbonyl (C=O) groups is 1. The number of hydrogen-bond acceptors (Lipinski definition) is 6. The molecule has 4 rings (SSSR count). The lowest BCUT2D eigenvalue weighted by molar-refractivity contribution is -0.126. The summed E-state index contributed by atoms with van der Waals surface area (Å²) in [7, 11) is 5.16. The summed E-state index contributed by atoms with van der Waals surface area (Å²) in [5.41, 5.74) is 1.74. The van der Waals surface area contributed by atoms with Crippen molar-refractivity contribution in [2.75, 3.05) is 38.4 Å². The molecule has 1 fully saturated rings. The van der Waals surface area contributed by atoms with Crippen LogP contribution >= 0.6 is 11.3 Å². The average Bonchev–Trinajstić information content (AvgIpc) is 3.31. The Hall–Kier alpha value is -3.49. The monoisotopic (exact) mass is 604 g/mol. The van der Waals surface area contributed by atoms with Gasteiger partial charge in [0.25, 0.3) is 5.91 Å². The number of alkyl halides is 4. The van der Waals surface area contributed by atoms with Crippen molar-refractivity contribution in [2.24, 2.45) is 0 Å². The number of likely N-dealkylation sites (tertiary alicyclic amines) is 1. The molecule has 0 bridgehead atoms. The molecule has 1 amide bonds. The van der Waals surface area contributed by atoms with E-state index < -0.39 is 24.8 Å². The lowest BCUT2D eigenvalue weighted by atomic mass is 9.89. The molecule has 4 atom stereocenters. The summed E-state index contributed by atoms with van der Waals surface area (Å²) in [5, 5.41) is 9.31. The van der Waals surface area contributed by atoms with Crippen LogP contribution in [-0.4, -0.2) is 69.0 Å². The molecule has 1 aliphatic heterocycles. The van der Waals surface area contributed by atoms with Crippen LogP contribution in [0.2, 0.25) is 0 Å². The van der Waals surface area contributed by atoms with Crippen molar-refractivity contribution in [1.82, 2.24) is 10.2 Å². The number of thiophene rings is 1. The van der Waals surface area contributed by atoms with Gasteiger partial charge in [-0.05, 0) is 62.0 Å². The third-order valence-corrected chi connectivity index (χ3v) is 9.03. The molecule has 3 N–H and O–H groups in total. The zero-order valence-electron chi connectivity index (χ0n) is 24.3. The Bertz CT molecular complexity index is 1480. The standard InChI is InChI=1S/C31H36F4N4O2S/c1-6-20-16-25(28(32)18(2)39(20)5)38-23-10-7-9-21-22(17-31(33,34)35)27(42-29(21)23)11-8-14-41-26-13-12-19(30(40)37-4)15-24(26)36-3/h7,9-10,12-13,15,18,20,25,28,36,38H,6,14,16-17H2,1-5H3,(H,37,40). The van der Waals surface area contributed by atoms with Crippen molar-refractivity contribution in [1.29, 1.82) is 0 Å². The first kappa shape index (κ1) is 31.4. The van der Waals surface area contributed by atoms with E-state index in [0.29, 0.717) is 44.1 Å². The van der Waals surface area contributed by atoms with E-state index in [1.165, 1.54) is 18.4 Å². The number of carbonyl (C=O) groups excluding carboxylic acids is 1. The number of nitrogens with one attached hydrogen (secondary N) is 3. The van der Waals surface area contributed by atoms with Gasteiger partial charge in [0.1, 0.15) is 18.5 Å². The first-order valence-electron chi connectivity index (χ1n) is 13.9. The second kappa shape index (κ2) is 13.2. The zero-order chi connectivity index (χ0) is 30.6. The number of ether oxygens (including phenoxy) is 1. The first-order chi connectivity index (χ1) is 20.0. The third kappa shape index (κ3) is 6.93. The van der Waals surface area contributed by atoms with Crippen molar-refractivity contribution in [3.63, 3.8) is 0 Å². The average molecular weight is 605 g/mol. The smallest absolute Gasteiger partial charge is 0.393 e. The van der Waals surface area contributed by atoms with E-state index >= 15 is 4.39 Å². The van der Waals surface area contributed by atoms with Gasteiger partial charge in [0.05, 0.1) is 33.4 Å². The highest BCUT2D eigenvalue weighted by Crippen LogP contribution is 2.40. The number of fused-ring (bicyclic) bond motifs is 1. The molecular weight excluding hydrogens is 568 g/mol. The number of rotatable bonds is 8. The molecule has 226 valence electrons. The van der Waals surface area contributed by atoms with Gasteiger partial charge in [0.15, 0.2) is 0 Å². The van der Waals surface area contributed by atoms with Gasteiger partial charge >= 0.3 is 6.18 Å². The number of benzene rings is 2. The second-order valence-electron chi connectivity index (χ2n) is 10.4. The van der Waals surface area contributed by atoms with Crippen LogP contribution in [0.5, 0.6) is 5.75 Å². The number of nitrogens with zero attached hydrogens (tertiary/aromatic N) is 1. The van der Waals surface area contributed by atoms with Crippen molar-refractivity contribution < 1.29 is 27.1 Å². The topological polar surface area (TPSA) is 65.6 Å². The lowest BCUT2D eigenvalue weighted by Gasteiger charge is -2.44. The molecular formula is C31H36F4N4O2S. The van der Waals surface area contributed by atoms with Gasteiger partial charge in [-0.25, -0.2) is 4.39 Å². The number of anilines is 2. The van der Waals surface area contributed by atoms with Crippen molar-refractivity contribution in [3.05, 3.63) is 52.4 Å². The van der Waals surface area contributed by atoms with Gasteiger partial charge in [-0.15, -0.1) is 11.3 Å². The number of amides is 1. The summed E-state index contributed by atoms with van der Waals surface area (Å²) in [5.74, 6) is 5.95. The molecule has 0 spiro atoms. The Labute approximate surface area is 247 Å². The molecule has 3 aromatic rings. The van der Waals surface area contributed by atoms with E-state index in [4.69, 9.17) is 4.74 Å². The van der Waals surface area contributed by atoms with Crippen LogP contribution in [-0.2, 0) is 6.42 Å². The molecule has 42 heavy (non-hydrogen) atoms. The van der Waals surface area contributed by atoms with Crippen LogP contribution in [0.15, 0.2) is 36.4 Å². The highest BCUT2D eigenvalue weighted by molar-refractivity contribution is 7.20. The van der Waals surface area contributed by atoms with Crippen LogP contribution in [0.4, 0.5) is 28.9 Å². The molecule has 11 heteroatoms. The first-order valence-corrected chi connectivity index (χ1v) is 14.7. The Morgan fingerprint density at radius 3 is 2.62 bits per heavy atom. The Morgan fingerprint density at radius 1 is 1.19 bits per heavy atom. The molecule has 1 aliphatic rings. The molecule has 6 nitrogen and oxygen atoms in total. The molecule has 1 saturated heterocycles. The summed E-state index contributed by atoms with van der Waals surface area (Å²) in [6.07, 6.45) is -5.22. The Balaban J connectivity index is 1.62. The second-order valence-corrected chi connectivity index (χ2v) is 11.4. The maximum atomic E-state index is 15.4. The van der Waals surface area contributed by atoms with Gasteiger partial charge in [-0.1, -0.05) is 30.9 Å². The van der Waals surface area contributed by atoms with Gasteiger partial charge in [0, 0.05) is 31.7 Å². The van der Waals surface area contributed by atoms with E-state index in [-0.39, 0.29) is 30.2 Å². The normalized spacial score (nSPS) is 21.0. The molecule has 0 radical (unpaired) electrons. The highest BCUT2D eigenvalue weighted by Gasteiger charge is 2.39. The van der Waals surface area contributed by atoms with Crippen LogP contribution < -0.4 is 20.7 Å². The molecule has 0 aliphatic carbocycles. The summed E-state index contributed by atoms with van der Waals surface area (Å²) >= 11 is 1.17. The predicted octanol–water partition coefficient (Wildman–Crippen LogP) is 6.46. The van der Waals surface area contributed by atoms with Crippen LogP contribution in [0.1, 0.15) is 47.5 Å². The van der Waals surface area contributed by atoms with Gasteiger partial charge in [-0.3, -0.25) is 9.69 Å². The number of hydrogen-bond donors (Lipinski definition) is 3. The van der Waals surface area contributed by atoms with E-state index in [1.54, 1.807) is 43.4 Å². The predicted molar refractivity (Wildman–Crippen MR) is 162 cm³/mol. The molecule has 2 heterocycles. The van der Waals surface area contributed by atoms with E-state index in [0.717, 1.165) is 6.42 Å². The van der Waals surface area contributed by atoms with Crippen molar-refractivity contribution in [2.45, 2.75) is 63.6 Å². The maximum Gasteiger partial charge on any atom is 0.393 e. The Kier molecular flexibility index (Phi) is 9.89. The summed E-state index contributed by atoms with van der Waals surface area (Å²) in [6, 6.07) is 9.49. The molecule has 1 aromatic heterocycles. The van der Waals surface area contributed by atoms with Gasteiger partial charge < -0.3 is 20.7 Å². The summed E-state index contributed by atoms with van der Waals surface area (Å²) < 4.78 is 62.7. The maximum absolute atomic E-state index is 15.4. The van der Waals surface area contributed by atoms with Gasteiger partial charge in [-0.2, -0.15) is 13.2 Å². The molecule has 4 unspecified atom stereocenters. The van der Waals surface area contributed by atoms with Crippen molar-refractivity contribution in [3.8, 4) is 17.6 Å². The van der Waals surface area contributed by atoms with E-state index in [2.05, 4.69) is 39.6 Å². The SMILES string of the molecule is CCC1CC(Nc2cccc3c(CC(F)(F)F)c(C#CCOc4ccc(C(=O)NC)cc4NC)sc23)C(F)C(C)N1C. The lowest BCUT2D eigenvalue weighted by Crippen LogP contribution is -2.56. The largest absolute Gasteiger partial charge is 0.479 e. The quantitative estimate of drug-likeness (QED) is 0.204. The minimum atomic E-state index is -4.43. The number of halogens is 4. The van der Waals surface area contributed by atoms with Crippen LogP contribution in [0, 0.1) is 11.8 Å². The van der Waals surface area contributed by atoms with Crippen LogP contribution in [0.25, 0.3) is 10.1 Å². The van der Waals surface area contributed by atoms with Crippen LogP contribution in [0.3, 0.4) is 0 Å². The van der Waals surface area contributed by atoms with Gasteiger partial charge in [0.2, 0.25) is 0 Å². The minimum absolute atomic E-state index is 0.0752. The van der Waals surface area contributed by atoms with E-state index in [9.17, 15) is 18.0 Å². The van der Waals surface area contributed by atoms with Crippen molar-refractivity contribution >= 4 is 38.7 Å². The number of piperidine rings is 1. The minimum Gasteiger partial charge on any atom is -0.479 e. The fraction of sp³-hybridized carbons (Fsp3) is 0.452. The fourth-order valence-corrected chi connectivity index (χ4v) is 6.57. The van der Waals surface area contributed by atoms with E-state index in [1.807, 2.05) is 14.0 Å². The summed E-state index contributed by atoms with van der Waals surface area (Å²) in [6.45, 7) is 3.86. The third-order valence-electron chi connectivity index (χ3n) is 7.84. The molecule has 0 saturated carbocycles. The zero-order valence-corrected chi connectivity index (χ0v) is 25.1. The highest BCUT2D eigenvalue weighted by atomic mass is 32.1. The summed E-state index contributed by atoms with van der Waals surface area (Å²) in [4.78, 5) is 14.3.